The molecule has 1 saturated carbocycles. The number of aliphatic carboxylic acids is 2. The van der Waals surface area contributed by atoms with E-state index in [2.05, 4.69) is 39.8 Å². The summed E-state index contributed by atoms with van der Waals surface area (Å²) >= 11 is 0. The largest absolute Gasteiger partial charge is 2.00 e. The molecular formula is C34H48CoN2O6. The molecule has 8 nitrogen and oxygen atoms in total. The Labute approximate surface area is 267 Å². The molecule has 0 heterocycles. The topological polar surface area (TPSA) is 145 Å². The molecular weight excluding hydrogens is 591 g/mol. The van der Waals surface area contributed by atoms with Gasteiger partial charge in [-0.2, -0.15) is 0 Å². The van der Waals surface area contributed by atoms with E-state index in [1.165, 1.54) is 11.1 Å². The van der Waals surface area contributed by atoms with E-state index in [9.17, 15) is 10.2 Å². The van der Waals surface area contributed by atoms with Crippen LogP contribution in [0.25, 0.3) is 0 Å². The second-order valence-electron chi connectivity index (χ2n) is 11.7. The van der Waals surface area contributed by atoms with E-state index in [1.54, 1.807) is 12.1 Å². The molecule has 2 aromatic rings. The Morgan fingerprint density at radius 2 is 1.14 bits per heavy atom. The van der Waals surface area contributed by atoms with Crippen molar-refractivity contribution in [3.8, 4) is 11.5 Å². The van der Waals surface area contributed by atoms with Crippen LogP contribution < -0.4 is 10.2 Å². The number of carboxylic acid groups (broad SMARTS) is 2. The molecule has 0 aliphatic heterocycles. The molecule has 2 atom stereocenters. The third kappa shape index (κ3) is 18.9. The second-order valence-corrected chi connectivity index (χ2v) is 11.7. The SMILES string of the molecule is CC(=O)[O-].CC(=O)[O-].CC(C)CCc1ccc(O)c(C=NC2CCCC(N=Cc3cc(CCC(C)C)ccc3O)C2)c1.[Co+2]. The first-order valence-corrected chi connectivity index (χ1v) is 14.8. The molecule has 2 N–H and O–H groups in total. The molecule has 1 radical (unpaired) electrons. The van der Waals surface area contributed by atoms with Crippen LogP contribution in [0.2, 0.25) is 0 Å². The van der Waals surface area contributed by atoms with Crippen molar-refractivity contribution in [1.82, 2.24) is 0 Å². The zero-order chi connectivity index (χ0) is 31.7. The molecule has 3 rings (SSSR count). The third-order valence-electron chi connectivity index (χ3n) is 6.67. The zero-order valence-electron chi connectivity index (χ0n) is 26.3. The number of phenolic OH excluding ortho intramolecular Hbond substituents is 2. The van der Waals surface area contributed by atoms with Crippen LogP contribution in [0.3, 0.4) is 0 Å². The predicted molar refractivity (Wildman–Crippen MR) is 165 cm³/mol. The zero-order valence-corrected chi connectivity index (χ0v) is 27.4. The van der Waals surface area contributed by atoms with Crippen molar-refractivity contribution in [2.75, 3.05) is 0 Å². The van der Waals surface area contributed by atoms with E-state index in [0.29, 0.717) is 11.8 Å². The van der Waals surface area contributed by atoms with Gasteiger partial charge in [0.2, 0.25) is 0 Å². The predicted octanol–water partition coefficient (Wildman–Crippen LogP) is 4.63. The monoisotopic (exact) mass is 639 g/mol. The standard InChI is InChI=1S/C30H42N2O2.2C2H4O2.Co/c1-21(2)8-10-23-12-14-29(33)25(16-23)19-31-27-6-5-7-28(18-27)32-20-26-17-24(11-9-22(3)4)13-15-30(26)34;2*1-2(3)4;/h12-17,19-22,27-28,33-34H,5-11,18H2,1-4H3;2*1H3,(H,3,4);/q;;;+2/p-2. The van der Waals surface area contributed by atoms with Crippen LogP contribution in [0.4, 0.5) is 0 Å². The first-order valence-electron chi connectivity index (χ1n) is 14.8. The molecule has 1 fully saturated rings. The summed E-state index contributed by atoms with van der Waals surface area (Å²) in [5.41, 5.74) is 4.09. The second kappa shape index (κ2) is 21.5. The van der Waals surface area contributed by atoms with Crippen LogP contribution in [0.15, 0.2) is 46.4 Å². The van der Waals surface area contributed by atoms with Crippen LogP contribution in [0.5, 0.6) is 11.5 Å². The minimum absolute atomic E-state index is 0. The molecule has 0 aromatic heterocycles. The molecule has 2 unspecified atom stereocenters. The van der Waals surface area contributed by atoms with E-state index in [4.69, 9.17) is 29.8 Å². The molecule has 43 heavy (non-hydrogen) atoms. The number of aromatic hydroxyl groups is 2. The molecule has 1 aliphatic carbocycles. The Morgan fingerprint density at radius 1 is 0.791 bits per heavy atom. The van der Waals surface area contributed by atoms with Gasteiger partial charge in [0.25, 0.3) is 0 Å². The minimum atomic E-state index is -1.08. The van der Waals surface area contributed by atoms with Crippen molar-refractivity contribution in [3.05, 3.63) is 58.7 Å². The number of carbonyl (C=O) groups is 2. The number of rotatable bonds is 10. The fourth-order valence-corrected chi connectivity index (χ4v) is 4.42. The maximum atomic E-state index is 10.3. The summed E-state index contributed by atoms with van der Waals surface area (Å²) in [6.07, 6.45) is 12.1. The van der Waals surface area contributed by atoms with Gasteiger partial charge >= 0.3 is 16.8 Å². The molecule has 2 aromatic carbocycles. The van der Waals surface area contributed by atoms with E-state index in [1.807, 2.05) is 24.6 Å². The van der Waals surface area contributed by atoms with Crippen molar-refractivity contribution < 1.29 is 46.8 Å². The van der Waals surface area contributed by atoms with Gasteiger partial charge in [-0.05, 0) is 112 Å². The number of aryl methyl sites for hydroxylation is 2. The van der Waals surface area contributed by atoms with Crippen LogP contribution in [-0.4, -0.2) is 46.7 Å². The minimum Gasteiger partial charge on any atom is -0.550 e. The van der Waals surface area contributed by atoms with Gasteiger partial charge in [0.15, 0.2) is 0 Å². The number of benzene rings is 2. The molecule has 0 saturated heterocycles. The van der Waals surface area contributed by atoms with Crippen LogP contribution in [0, 0.1) is 11.8 Å². The van der Waals surface area contributed by atoms with E-state index >= 15 is 0 Å². The number of nitrogens with zero attached hydrogens (tertiary/aromatic N) is 2. The maximum absolute atomic E-state index is 10.3. The average Bonchev–Trinajstić information content (AvgIpc) is 2.90. The van der Waals surface area contributed by atoms with Crippen LogP contribution in [0.1, 0.15) is 102 Å². The normalized spacial score (nSPS) is 16.3. The summed E-state index contributed by atoms with van der Waals surface area (Å²) in [5.74, 6) is -0.268. The fourth-order valence-electron chi connectivity index (χ4n) is 4.42. The third-order valence-corrected chi connectivity index (χ3v) is 6.67. The van der Waals surface area contributed by atoms with Gasteiger partial charge in [-0.25, -0.2) is 0 Å². The number of aliphatic imine (C=N–C) groups is 2. The smallest absolute Gasteiger partial charge is 0.550 e. The Bertz CT molecular complexity index is 1080. The first kappa shape index (κ1) is 39.8. The summed E-state index contributed by atoms with van der Waals surface area (Å²) in [5, 5.41) is 38.3. The molecule has 0 spiro atoms. The summed E-state index contributed by atoms with van der Waals surface area (Å²) in [6.45, 7) is 10.9. The van der Waals surface area contributed by atoms with Gasteiger partial charge in [0, 0.05) is 35.5 Å². The van der Waals surface area contributed by atoms with Crippen LogP contribution in [-0.2, 0) is 39.2 Å². The fraction of sp³-hybridized carbons (Fsp3) is 0.529. The Morgan fingerprint density at radius 3 is 1.47 bits per heavy atom. The van der Waals surface area contributed by atoms with Gasteiger partial charge in [0.1, 0.15) is 11.5 Å². The number of hydrogen-bond donors (Lipinski definition) is 2. The molecule has 1 aliphatic rings. The Hall–Kier alpha value is -3.17. The van der Waals surface area contributed by atoms with E-state index < -0.39 is 11.9 Å². The quantitative estimate of drug-likeness (QED) is 0.363. The number of carboxylic acids is 2. The van der Waals surface area contributed by atoms with Crippen molar-refractivity contribution in [1.29, 1.82) is 0 Å². The van der Waals surface area contributed by atoms with Crippen molar-refractivity contribution in [3.63, 3.8) is 0 Å². The summed E-state index contributed by atoms with van der Waals surface area (Å²) in [4.78, 5) is 27.4. The number of hydrogen-bond acceptors (Lipinski definition) is 8. The Kier molecular flexibility index (Phi) is 19.9. The number of carbonyl (C=O) groups excluding carboxylic acids is 2. The van der Waals surface area contributed by atoms with E-state index in [-0.39, 0.29) is 40.4 Å². The van der Waals surface area contributed by atoms with Gasteiger partial charge in [-0.1, -0.05) is 39.8 Å². The maximum Gasteiger partial charge on any atom is 2.00 e. The molecule has 0 amide bonds. The Balaban J connectivity index is 0.00000174. The average molecular weight is 640 g/mol. The summed E-state index contributed by atoms with van der Waals surface area (Å²) < 4.78 is 0. The van der Waals surface area contributed by atoms with Crippen molar-refractivity contribution >= 4 is 24.4 Å². The van der Waals surface area contributed by atoms with Gasteiger partial charge in [0.05, 0.1) is 12.1 Å². The summed E-state index contributed by atoms with van der Waals surface area (Å²) in [6, 6.07) is 12.1. The van der Waals surface area contributed by atoms with Gasteiger partial charge in [-0.3, -0.25) is 9.98 Å². The van der Waals surface area contributed by atoms with Crippen LogP contribution >= 0.6 is 0 Å². The van der Waals surface area contributed by atoms with Crippen molar-refractivity contribution in [2.45, 2.75) is 105 Å². The van der Waals surface area contributed by atoms with Crippen molar-refractivity contribution in [2.24, 2.45) is 21.8 Å². The van der Waals surface area contributed by atoms with Gasteiger partial charge < -0.3 is 30.0 Å². The molecule has 0 bridgehead atoms. The number of phenols is 2. The van der Waals surface area contributed by atoms with Gasteiger partial charge in [-0.15, -0.1) is 0 Å². The van der Waals surface area contributed by atoms with E-state index in [0.717, 1.165) is 76.3 Å². The summed E-state index contributed by atoms with van der Waals surface area (Å²) in [7, 11) is 0. The first-order chi connectivity index (χ1) is 19.8. The molecule has 239 valence electrons. The molecule has 9 heteroatoms.